The number of amides is 2. The van der Waals surface area contributed by atoms with Gasteiger partial charge >= 0.3 is 0 Å². The highest BCUT2D eigenvalue weighted by atomic mass is 16.5. The predicted molar refractivity (Wildman–Crippen MR) is 136 cm³/mol. The van der Waals surface area contributed by atoms with Crippen LogP contribution in [0.5, 0.6) is 5.75 Å². The van der Waals surface area contributed by atoms with Gasteiger partial charge in [-0.3, -0.25) is 19.2 Å². The van der Waals surface area contributed by atoms with Crippen molar-refractivity contribution in [2.75, 3.05) is 46.5 Å². The fourth-order valence-corrected chi connectivity index (χ4v) is 5.55. The van der Waals surface area contributed by atoms with E-state index in [2.05, 4.69) is 10.2 Å². The number of methoxy groups -OCH3 is 1. The molecule has 1 atom stereocenters. The maximum absolute atomic E-state index is 13.9. The number of hydrogen-bond acceptors (Lipinski definition) is 6. The zero-order chi connectivity index (χ0) is 25.1. The van der Waals surface area contributed by atoms with Crippen LogP contribution in [-0.2, 0) is 16.1 Å². The molecule has 1 saturated heterocycles. The first-order chi connectivity index (χ1) is 17.5. The molecule has 2 amide bonds. The quantitative estimate of drug-likeness (QED) is 0.635. The van der Waals surface area contributed by atoms with Crippen molar-refractivity contribution in [1.29, 1.82) is 0 Å². The van der Waals surface area contributed by atoms with E-state index >= 15 is 0 Å². The van der Waals surface area contributed by atoms with E-state index < -0.39 is 5.54 Å². The molecule has 1 saturated carbocycles. The lowest BCUT2D eigenvalue weighted by Crippen LogP contribution is -2.66. The molecule has 3 heterocycles. The number of carbonyl (C=O) groups is 2. The molecule has 3 aliphatic rings. The van der Waals surface area contributed by atoms with Gasteiger partial charge in [-0.2, -0.15) is 5.10 Å². The lowest BCUT2D eigenvalue weighted by Gasteiger charge is -2.44. The molecular formula is C27H37N5O4. The Kier molecular flexibility index (Phi) is 7.29. The number of rotatable bonds is 7. The Bertz CT molecular complexity index is 1070. The summed E-state index contributed by atoms with van der Waals surface area (Å²) in [4.78, 5) is 31.7. The fraction of sp³-hybridized carbons (Fsp3) is 0.593. The number of morpholine rings is 1. The van der Waals surface area contributed by atoms with Crippen LogP contribution in [0.15, 0.2) is 30.3 Å². The lowest BCUT2D eigenvalue weighted by molar-refractivity contribution is -0.134. The molecule has 5 rings (SSSR count). The van der Waals surface area contributed by atoms with Gasteiger partial charge in [0.05, 0.1) is 32.6 Å². The third kappa shape index (κ3) is 4.99. The summed E-state index contributed by atoms with van der Waals surface area (Å²) in [6.45, 7) is 6.49. The van der Waals surface area contributed by atoms with Crippen LogP contribution in [0.3, 0.4) is 0 Å². The van der Waals surface area contributed by atoms with E-state index in [9.17, 15) is 9.59 Å². The number of benzene rings is 1. The van der Waals surface area contributed by atoms with Crippen molar-refractivity contribution < 1.29 is 19.1 Å². The van der Waals surface area contributed by atoms with Gasteiger partial charge in [-0.1, -0.05) is 19.3 Å². The highest BCUT2D eigenvalue weighted by molar-refractivity contribution is 6.00. The predicted octanol–water partition coefficient (Wildman–Crippen LogP) is 2.55. The lowest BCUT2D eigenvalue weighted by atomic mass is 9.91. The Morgan fingerprint density at radius 2 is 1.86 bits per heavy atom. The van der Waals surface area contributed by atoms with E-state index in [1.165, 1.54) is 6.42 Å². The molecular weight excluding hydrogens is 458 g/mol. The van der Waals surface area contributed by atoms with Gasteiger partial charge in [0.15, 0.2) is 0 Å². The van der Waals surface area contributed by atoms with E-state index in [1.54, 1.807) is 16.7 Å². The van der Waals surface area contributed by atoms with Gasteiger partial charge in [0.2, 0.25) is 5.91 Å². The minimum atomic E-state index is -1.02. The van der Waals surface area contributed by atoms with Crippen LogP contribution >= 0.6 is 0 Å². The molecule has 1 aliphatic carbocycles. The smallest absolute Gasteiger partial charge is 0.273 e. The maximum Gasteiger partial charge on any atom is 0.273 e. The molecule has 9 nitrogen and oxygen atoms in total. The largest absolute Gasteiger partial charge is 0.497 e. The van der Waals surface area contributed by atoms with Crippen molar-refractivity contribution in [2.45, 2.75) is 57.2 Å². The van der Waals surface area contributed by atoms with E-state index in [0.29, 0.717) is 44.2 Å². The summed E-state index contributed by atoms with van der Waals surface area (Å²) >= 11 is 0. The number of carbonyl (C=O) groups excluding carboxylic acids is 2. The second-order valence-corrected chi connectivity index (χ2v) is 10.3. The summed E-state index contributed by atoms with van der Waals surface area (Å²) < 4.78 is 12.5. The van der Waals surface area contributed by atoms with Gasteiger partial charge in [0.25, 0.3) is 5.91 Å². The fourth-order valence-electron chi connectivity index (χ4n) is 5.55. The summed E-state index contributed by atoms with van der Waals surface area (Å²) in [6.07, 6.45) is 5.49. The van der Waals surface area contributed by atoms with E-state index in [0.717, 1.165) is 50.1 Å². The first-order valence-electron chi connectivity index (χ1n) is 13.1. The third-order valence-corrected chi connectivity index (χ3v) is 7.86. The second-order valence-electron chi connectivity index (χ2n) is 10.3. The van der Waals surface area contributed by atoms with E-state index in [4.69, 9.17) is 14.6 Å². The topological polar surface area (TPSA) is 88.9 Å². The van der Waals surface area contributed by atoms with Gasteiger partial charge in [-0.15, -0.1) is 0 Å². The van der Waals surface area contributed by atoms with Crippen LogP contribution in [0, 0.1) is 0 Å². The zero-order valence-electron chi connectivity index (χ0n) is 21.4. The monoisotopic (exact) mass is 495 g/mol. The Labute approximate surface area is 212 Å². The molecule has 2 aromatic rings. The highest BCUT2D eigenvalue weighted by Gasteiger charge is 2.48. The first kappa shape index (κ1) is 24.8. The van der Waals surface area contributed by atoms with Crippen molar-refractivity contribution in [1.82, 2.24) is 24.9 Å². The Balaban J connectivity index is 1.42. The summed E-state index contributed by atoms with van der Waals surface area (Å²) in [5, 5.41) is 8.04. The standard InChI is InChI=1S/C27H37N5O4/c1-27(26(34)28-21-6-4-3-5-7-21)19-32-24(18-23(29-32)20-8-10-22(35-2)11-9-20)25(33)31(27)13-12-30-14-16-36-17-15-30/h8-11,18,21H,3-7,12-17,19H2,1-2H3,(H,28,34). The normalized spacial score (nSPS) is 23.4. The Hall–Kier alpha value is -2.91. The SMILES string of the molecule is COc1ccc(-c2cc3n(n2)CC(C)(C(=O)NC2CCCCC2)N(CCN2CCOCC2)C3=O)cc1. The summed E-state index contributed by atoms with van der Waals surface area (Å²) in [6, 6.07) is 9.64. The highest BCUT2D eigenvalue weighted by Crippen LogP contribution is 2.31. The van der Waals surface area contributed by atoms with Gasteiger partial charge < -0.3 is 19.7 Å². The molecule has 0 radical (unpaired) electrons. The van der Waals surface area contributed by atoms with Crippen molar-refractivity contribution in [3.63, 3.8) is 0 Å². The first-order valence-corrected chi connectivity index (χ1v) is 13.1. The van der Waals surface area contributed by atoms with Crippen LogP contribution in [0.25, 0.3) is 11.3 Å². The van der Waals surface area contributed by atoms with E-state index in [1.807, 2.05) is 37.3 Å². The van der Waals surface area contributed by atoms with Crippen molar-refractivity contribution in [2.24, 2.45) is 0 Å². The van der Waals surface area contributed by atoms with Gasteiger partial charge in [-0.25, -0.2) is 0 Å². The number of ether oxygens (including phenoxy) is 2. The number of nitrogens with zero attached hydrogens (tertiary/aromatic N) is 4. The molecule has 1 aromatic heterocycles. The van der Waals surface area contributed by atoms with Crippen molar-refractivity contribution in [3.8, 4) is 17.0 Å². The zero-order valence-corrected chi connectivity index (χ0v) is 21.4. The number of fused-ring (bicyclic) bond motifs is 1. The third-order valence-electron chi connectivity index (χ3n) is 7.86. The summed E-state index contributed by atoms with van der Waals surface area (Å²) in [5.74, 6) is 0.528. The molecule has 0 spiro atoms. The van der Waals surface area contributed by atoms with Crippen LogP contribution < -0.4 is 10.1 Å². The molecule has 194 valence electrons. The molecule has 1 aromatic carbocycles. The molecule has 1 unspecified atom stereocenters. The maximum atomic E-state index is 13.9. The average Bonchev–Trinajstić information content (AvgIpc) is 3.33. The Morgan fingerprint density at radius 1 is 1.14 bits per heavy atom. The minimum Gasteiger partial charge on any atom is -0.497 e. The molecule has 0 bridgehead atoms. The minimum absolute atomic E-state index is 0.0862. The summed E-state index contributed by atoms with van der Waals surface area (Å²) in [5.41, 5.74) is 1.12. The molecule has 9 heteroatoms. The van der Waals surface area contributed by atoms with Gasteiger partial charge in [-0.05, 0) is 50.1 Å². The van der Waals surface area contributed by atoms with Crippen LogP contribution in [-0.4, -0.2) is 89.5 Å². The second kappa shape index (κ2) is 10.6. The van der Waals surface area contributed by atoms with E-state index in [-0.39, 0.29) is 17.9 Å². The van der Waals surface area contributed by atoms with Crippen molar-refractivity contribution >= 4 is 11.8 Å². The Morgan fingerprint density at radius 3 is 2.56 bits per heavy atom. The number of hydrogen-bond donors (Lipinski definition) is 1. The van der Waals surface area contributed by atoms with Gasteiger partial charge in [0, 0.05) is 37.8 Å². The summed E-state index contributed by atoms with van der Waals surface area (Å²) in [7, 11) is 1.63. The molecule has 36 heavy (non-hydrogen) atoms. The molecule has 2 fully saturated rings. The van der Waals surface area contributed by atoms with Crippen LogP contribution in [0.2, 0.25) is 0 Å². The number of nitrogens with one attached hydrogen (secondary N) is 1. The number of aromatic nitrogens is 2. The van der Waals surface area contributed by atoms with Gasteiger partial charge in [0.1, 0.15) is 17.0 Å². The molecule has 1 N–H and O–H groups in total. The average molecular weight is 496 g/mol. The molecule has 2 aliphatic heterocycles. The van der Waals surface area contributed by atoms with Crippen LogP contribution in [0.4, 0.5) is 0 Å². The van der Waals surface area contributed by atoms with Crippen LogP contribution in [0.1, 0.15) is 49.5 Å². The van der Waals surface area contributed by atoms with Crippen molar-refractivity contribution in [3.05, 3.63) is 36.0 Å².